The van der Waals surface area contributed by atoms with Gasteiger partial charge in [-0.1, -0.05) is 13.8 Å². The van der Waals surface area contributed by atoms with Crippen molar-refractivity contribution >= 4 is 11.7 Å². The molecule has 1 rings (SSSR count). The largest absolute Gasteiger partial charge is 0.387 e. The lowest BCUT2D eigenvalue weighted by Crippen LogP contribution is -2.21. The number of nitrogens with one attached hydrogen (secondary N) is 1. The second-order valence-electron chi connectivity index (χ2n) is 2.50. The number of hydrogen-bond donors (Lipinski definition) is 2. The van der Waals surface area contributed by atoms with Crippen molar-refractivity contribution in [2.75, 3.05) is 0 Å². The lowest BCUT2D eigenvalue weighted by molar-refractivity contribution is 0.636. The van der Waals surface area contributed by atoms with E-state index in [1.54, 1.807) is 0 Å². The van der Waals surface area contributed by atoms with Crippen molar-refractivity contribution in [3.8, 4) is 0 Å². The summed E-state index contributed by atoms with van der Waals surface area (Å²) >= 11 is 0. The summed E-state index contributed by atoms with van der Waals surface area (Å²) in [5, 5.41) is 7.25. The smallest absolute Gasteiger partial charge is 0.126 e. The summed E-state index contributed by atoms with van der Waals surface area (Å²) in [6.07, 6.45) is 0. The highest BCUT2D eigenvalue weighted by molar-refractivity contribution is 6.04. The van der Waals surface area contributed by atoms with Crippen LogP contribution < -0.4 is 5.73 Å². The minimum Gasteiger partial charge on any atom is -0.387 e. The fraction of sp³-hybridized carbons (Fsp3) is 0.667. The fourth-order valence-electron chi connectivity index (χ4n) is 0.836. The van der Waals surface area contributed by atoms with Crippen LogP contribution in [-0.2, 0) is 0 Å². The van der Waals surface area contributed by atoms with Crippen LogP contribution in [0, 0.1) is 17.2 Å². The molecular weight excluding hydrogens is 114 g/mol. The van der Waals surface area contributed by atoms with Crippen molar-refractivity contribution in [2.24, 2.45) is 22.6 Å². The van der Waals surface area contributed by atoms with Crippen LogP contribution in [-0.4, -0.2) is 11.7 Å². The number of amidine groups is 2. The normalized spacial score (nSPS) is 34.9. The minimum atomic E-state index is 0.213. The van der Waals surface area contributed by atoms with Gasteiger partial charge < -0.3 is 5.73 Å². The summed E-state index contributed by atoms with van der Waals surface area (Å²) in [5.41, 5.74) is 5.47. The zero-order chi connectivity index (χ0) is 7.02. The van der Waals surface area contributed by atoms with Crippen LogP contribution >= 0.6 is 0 Å². The Morgan fingerprint density at radius 1 is 1.44 bits per heavy atom. The number of aliphatic imine (C=N–C) groups is 1. The first-order chi connectivity index (χ1) is 4.13. The predicted octanol–water partition coefficient (Wildman–Crippen LogP) is 0.607. The average molecular weight is 125 g/mol. The molecule has 3 heteroatoms. The van der Waals surface area contributed by atoms with Crippen molar-refractivity contribution in [2.45, 2.75) is 13.8 Å². The van der Waals surface area contributed by atoms with Gasteiger partial charge in [-0.2, -0.15) is 0 Å². The summed E-state index contributed by atoms with van der Waals surface area (Å²) < 4.78 is 0. The van der Waals surface area contributed by atoms with Crippen LogP contribution in [0.15, 0.2) is 4.99 Å². The molecule has 3 nitrogen and oxygen atoms in total. The first-order valence-electron chi connectivity index (χ1n) is 3.05. The maximum Gasteiger partial charge on any atom is 0.126 e. The molecule has 0 amide bonds. The summed E-state index contributed by atoms with van der Waals surface area (Å²) in [7, 11) is 0. The highest BCUT2D eigenvalue weighted by Crippen LogP contribution is 2.18. The van der Waals surface area contributed by atoms with E-state index in [9.17, 15) is 0 Å². The van der Waals surface area contributed by atoms with Crippen molar-refractivity contribution in [3.63, 3.8) is 0 Å². The van der Waals surface area contributed by atoms with Crippen LogP contribution in [0.25, 0.3) is 0 Å². The molecule has 0 aromatic heterocycles. The first-order valence-corrected chi connectivity index (χ1v) is 3.05. The number of nitrogens with two attached hydrogens (primary N) is 1. The monoisotopic (exact) mass is 125 g/mol. The van der Waals surface area contributed by atoms with Crippen molar-refractivity contribution in [3.05, 3.63) is 0 Å². The van der Waals surface area contributed by atoms with E-state index in [-0.39, 0.29) is 11.8 Å². The van der Waals surface area contributed by atoms with Crippen LogP contribution in [0.4, 0.5) is 0 Å². The van der Waals surface area contributed by atoms with Crippen molar-refractivity contribution in [1.82, 2.24) is 0 Å². The lowest BCUT2D eigenvalue weighted by atomic mass is 9.98. The molecule has 0 radical (unpaired) electrons. The molecular formula is C6H11N3. The van der Waals surface area contributed by atoms with Gasteiger partial charge in [-0.25, -0.2) is 4.99 Å². The molecule has 1 aliphatic heterocycles. The molecule has 9 heavy (non-hydrogen) atoms. The van der Waals surface area contributed by atoms with Crippen LogP contribution in [0.2, 0.25) is 0 Å². The van der Waals surface area contributed by atoms with Gasteiger partial charge in [-0.15, -0.1) is 0 Å². The maximum atomic E-state index is 7.25. The summed E-state index contributed by atoms with van der Waals surface area (Å²) in [6, 6.07) is 0. The van der Waals surface area contributed by atoms with Gasteiger partial charge in [0.15, 0.2) is 0 Å². The Morgan fingerprint density at radius 3 is 2.11 bits per heavy atom. The van der Waals surface area contributed by atoms with Gasteiger partial charge >= 0.3 is 0 Å². The SMILES string of the molecule is CC1C(=N)N=C(N)C1C. The van der Waals surface area contributed by atoms with E-state index in [4.69, 9.17) is 11.1 Å². The molecule has 0 saturated carbocycles. The lowest BCUT2D eigenvalue weighted by Gasteiger charge is -2.06. The van der Waals surface area contributed by atoms with Crippen LogP contribution in [0.5, 0.6) is 0 Å². The van der Waals surface area contributed by atoms with E-state index < -0.39 is 0 Å². The molecule has 50 valence electrons. The molecule has 0 fully saturated rings. The molecule has 0 aromatic carbocycles. The second-order valence-corrected chi connectivity index (χ2v) is 2.50. The van der Waals surface area contributed by atoms with E-state index in [0.29, 0.717) is 11.7 Å². The minimum absolute atomic E-state index is 0.213. The molecule has 0 bridgehead atoms. The quantitative estimate of drug-likeness (QED) is 0.489. The highest BCUT2D eigenvalue weighted by atomic mass is 15.0. The molecule has 0 aromatic rings. The van der Waals surface area contributed by atoms with E-state index >= 15 is 0 Å². The molecule has 0 spiro atoms. The van der Waals surface area contributed by atoms with Gasteiger partial charge in [0.1, 0.15) is 11.7 Å². The second kappa shape index (κ2) is 1.83. The van der Waals surface area contributed by atoms with Crippen LogP contribution in [0.1, 0.15) is 13.8 Å². The molecule has 2 atom stereocenters. The molecule has 0 aliphatic carbocycles. The predicted molar refractivity (Wildman–Crippen MR) is 37.7 cm³/mol. The van der Waals surface area contributed by atoms with Gasteiger partial charge in [-0.3, -0.25) is 5.41 Å². The summed E-state index contributed by atoms with van der Waals surface area (Å²) in [5.74, 6) is 1.50. The number of rotatable bonds is 0. The van der Waals surface area contributed by atoms with Gasteiger partial charge in [0.05, 0.1) is 0 Å². The average Bonchev–Trinajstić information content (AvgIpc) is 1.98. The number of hydrogen-bond acceptors (Lipinski definition) is 2. The van der Waals surface area contributed by atoms with Crippen LogP contribution in [0.3, 0.4) is 0 Å². The number of nitrogens with zero attached hydrogens (tertiary/aromatic N) is 1. The third-order valence-electron chi connectivity index (χ3n) is 1.90. The zero-order valence-electron chi connectivity index (χ0n) is 5.68. The third-order valence-corrected chi connectivity index (χ3v) is 1.90. The third kappa shape index (κ3) is 0.823. The Kier molecular flexibility index (Phi) is 1.27. The summed E-state index contributed by atoms with van der Waals surface area (Å²) in [4.78, 5) is 3.83. The Bertz CT molecular complexity index is 171. The van der Waals surface area contributed by atoms with E-state index in [1.165, 1.54) is 0 Å². The Labute approximate surface area is 54.5 Å². The first kappa shape index (κ1) is 6.26. The summed E-state index contributed by atoms with van der Waals surface area (Å²) in [6.45, 7) is 3.96. The van der Waals surface area contributed by atoms with Gasteiger partial charge in [0, 0.05) is 11.8 Å². The van der Waals surface area contributed by atoms with Gasteiger partial charge in [-0.05, 0) is 0 Å². The molecule has 3 N–H and O–H groups in total. The van der Waals surface area contributed by atoms with Gasteiger partial charge in [0.25, 0.3) is 0 Å². The van der Waals surface area contributed by atoms with Crippen molar-refractivity contribution < 1.29 is 0 Å². The highest BCUT2D eigenvalue weighted by Gasteiger charge is 2.26. The molecule has 2 unspecified atom stereocenters. The Morgan fingerprint density at radius 2 is 2.00 bits per heavy atom. The fourth-order valence-corrected chi connectivity index (χ4v) is 0.836. The standard InChI is InChI=1S/C6H11N3/c1-3-4(2)6(8)9-5(3)7/h3-4H,1-2H3,(H3,7,8,9). The van der Waals surface area contributed by atoms with E-state index in [1.807, 2.05) is 13.8 Å². The Hall–Kier alpha value is -0.860. The Balaban J connectivity index is 2.82. The molecule has 0 saturated heterocycles. The van der Waals surface area contributed by atoms with E-state index in [2.05, 4.69) is 4.99 Å². The van der Waals surface area contributed by atoms with E-state index in [0.717, 1.165) is 0 Å². The molecule has 1 aliphatic rings. The molecule has 1 heterocycles. The van der Waals surface area contributed by atoms with Crippen molar-refractivity contribution in [1.29, 1.82) is 5.41 Å². The van der Waals surface area contributed by atoms with Gasteiger partial charge in [0.2, 0.25) is 0 Å². The topological polar surface area (TPSA) is 62.2 Å². The zero-order valence-corrected chi connectivity index (χ0v) is 5.68. The maximum absolute atomic E-state index is 7.25.